The molecule has 1 fully saturated rings. The number of carbonyl (C=O) groups is 3. The highest BCUT2D eigenvalue weighted by atomic mass is 32.2. The van der Waals surface area contributed by atoms with Crippen molar-refractivity contribution in [3.63, 3.8) is 0 Å². The van der Waals surface area contributed by atoms with Crippen molar-refractivity contribution >= 4 is 44.8 Å². The van der Waals surface area contributed by atoms with Crippen molar-refractivity contribution in [2.24, 2.45) is 5.14 Å². The van der Waals surface area contributed by atoms with E-state index in [9.17, 15) is 22.8 Å². The number of benzene rings is 1. The first-order valence-corrected chi connectivity index (χ1v) is 11.9. The van der Waals surface area contributed by atoms with Crippen molar-refractivity contribution in [2.75, 3.05) is 4.90 Å². The molecule has 3 aromatic rings. The summed E-state index contributed by atoms with van der Waals surface area (Å²) in [5.74, 6) is -1.41. The Balaban J connectivity index is 1.65. The van der Waals surface area contributed by atoms with Crippen LogP contribution in [0.4, 0.5) is 5.69 Å². The predicted octanol–water partition coefficient (Wildman–Crippen LogP) is 1.76. The predicted molar refractivity (Wildman–Crippen MR) is 117 cm³/mol. The van der Waals surface area contributed by atoms with Gasteiger partial charge in [0.15, 0.2) is 0 Å². The van der Waals surface area contributed by atoms with Crippen LogP contribution in [0.15, 0.2) is 71.2 Å². The molecule has 3 heterocycles. The molecule has 2 N–H and O–H groups in total. The highest BCUT2D eigenvalue weighted by Crippen LogP contribution is 2.29. The average molecular weight is 471 g/mol. The molecular weight excluding hydrogens is 452 g/mol. The number of hydrogen-bond donors (Lipinski definition) is 1. The molecule has 0 bridgehead atoms. The second kappa shape index (κ2) is 8.61. The molecule has 3 amide bonds. The molecule has 1 aliphatic rings. The topological polar surface area (TPSA) is 131 Å². The zero-order valence-electron chi connectivity index (χ0n) is 16.6. The summed E-state index contributed by atoms with van der Waals surface area (Å²) in [7, 11) is -3.91. The first-order chi connectivity index (χ1) is 15.3. The van der Waals surface area contributed by atoms with E-state index < -0.39 is 27.9 Å². The number of anilines is 1. The van der Waals surface area contributed by atoms with Crippen molar-refractivity contribution in [2.45, 2.75) is 23.9 Å². The maximum atomic E-state index is 13.3. The number of carbonyl (C=O) groups excluding carboxylic acids is 3. The number of nitrogens with zero attached hydrogens (tertiary/aromatic N) is 3. The van der Waals surface area contributed by atoms with Crippen molar-refractivity contribution in [3.05, 3.63) is 76.7 Å². The largest absolute Gasteiger partial charge is 0.321 e. The molecule has 11 heteroatoms. The second-order valence-electron chi connectivity index (χ2n) is 7.10. The fourth-order valence-corrected chi connectivity index (χ4v) is 4.66. The Kier molecular flexibility index (Phi) is 5.87. The molecule has 0 saturated carbocycles. The fourth-order valence-electron chi connectivity index (χ4n) is 3.47. The molecule has 4 rings (SSSR count). The van der Waals surface area contributed by atoms with Gasteiger partial charge in [-0.3, -0.25) is 19.4 Å². The fraction of sp³-hybridized carbons (Fsp3) is 0.143. The Hall–Kier alpha value is -3.41. The van der Waals surface area contributed by atoms with E-state index in [1.165, 1.54) is 40.5 Å². The van der Waals surface area contributed by atoms with Gasteiger partial charge in [-0.15, -0.1) is 11.3 Å². The van der Waals surface area contributed by atoms with E-state index in [1.807, 2.05) is 0 Å². The molecule has 9 nitrogen and oxygen atoms in total. The Morgan fingerprint density at radius 2 is 1.91 bits per heavy atom. The Labute approximate surface area is 188 Å². The van der Waals surface area contributed by atoms with Crippen LogP contribution in [-0.2, 0) is 26.2 Å². The first kappa shape index (κ1) is 21.8. The Morgan fingerprint density at radius 1 is 1.16 bits per heavy atom. The number of rotatable bonds is 6. The van der Waals surface area contributed by atoms with Gasteiger partial charge in [0.1, 0.15) is 6.04 Å². The lowest BCUT2D eigenvalue weighted by Gasteiger charge is -2.27. The van der Waals surface area contributed by atoms with Gasteiger partial charge in [-0.05, 0) is 47.3 Å². The van der Waals surface area contributed by atoms with Crippen LogP contribution in [0.1, 0.15) is 21.7 Å². The van der Waals surface area contributed by atoms with Gasteiger partial charge < -0.3 is 4.90 Å². The van der Waals surface area contributed by atoms with Crippen molar-refractivity contribution in [3.8, 4) is 0 Å². The zero-order chi connectivity index (χ0) is 22.9. The minimum atomic E-state index is -3.91. The van der Waals surface area contributed by atoms with Gasteiger partial charge in [0, 0.05) is 18.9 Å². The molecule has 1 atom stereocenters. The summed E-state index contributed by atoms with van der Waals surface area (Å²) in [6.07, 6.45) is 3.01. The van der Waals surface area contributed by atoms with Crippen LogP contribution in [0.25, 0.3) is 0 Å². The van der Waals surface area contributed by atoms with E-state index in [-0.39, 0.29) is 29.5 Å². The van der Waals surface area contributed by atoms with Gasteiger partial charge in [0.25, 0.3) is 11.8 Å². The molecule has 1 unspecified atom stereocenters. The van der Waals surface area contributed by atoms with Crippen LogP contribution in [0.5, 0.6) is 0 Å². The van der Waals surface area contributed by atoms with Crippen molar-refractivity contribution in [1.82, 2.24) is 9.88 Å². The van der Waals surface area contributed by atoms with Crippen LogP contribution in [0.2, 0.25) is 0 Å². The van der Waals surface area contributed by atoms with Crippen LogP contribution >= 0.6 is 11.3 Å². The smallest absolute Gasteiger partial charge is 0.264 e. The summed E-state index contributed by atoms with van der Waals surface area (Å²) < 4.78 is 23.0. The molecule has 1 aromatic carbocycles. The number of aromatic nitrogens is 1. The molecule has 0 aliphatic carbocycles. The van der Waals surface area contributed by atoms with Gasteiger partial charge in [-0.1, -0.05) is 12.1 Å². The standard InChI is InChI=1S/C21H18N4O5S2/c22-32(29,30)16-7-5-15(6-8-16)25-19(26)11-17(20(25)27)24(13-14-3-1-9-23-12-14)21(28)18-4-2-10-31-18/h1-10,12,17H,11,13H2,(H2,22,29,30). The van der Waals surface area contributed by atoms with Crippen molar-refractivity contribution in [1.29, 1.82) is 0 Å². The number of nitrogens with two attached hydrogens (primary N) is 1. The van der Waals surface area contributed by atoms with Gasteiger partial charge in [-0.2, -0.15) is 0 Å². The number of amides is 3. The molecule has 1 saturated heterocycles. The summed E-state index contributed by atoms with van der Waals surface area (Å²) >= 11 is 1.25. The minimum absolute atomic E-state index is 0.104. The van der Waals surface area contributed by atoms with E-state index >= 15 is 0 Å². The van der Waals surface area contributed by atoms with Crippen LogP contribution in [-0.4, -0.2) is 42.1 Å². The molecule has 32 heavy (non-hydrogen) atoms. The van der Waals surface area contributed by atoms with E-state index in [0.717, 1.165) is 4.90 Å². The van der Waals surface area contributed by atoms with Gasteiger partial charge in [0.05, 0.1) is 21.9 Å². The SMILES string of the molecule is NS(=O)(=O)c1ccc(N2C(=O)CC(N(Cc3cccnc3)C(=O)c3cccs3)C2=O)cc1. The summed E-state index contributed by atoms with van der Waals surface area (Å²) in [4.78, 5) is 45.9. The number of primary sulfonamides is 1. The van der Waals surface area contributed by atoms with Gasteiger partial charge >= 0.3 is 0 Å². The van der Waals surface area contributed by atoms with Crippen molar-refractivity contribution < 1.29 is 22.8 Å². The lowest BCUT2D eigenvalue weighted by molar-refractivity contribution is -0.122. The van der Waals surface area contributed by atoms with Gasteiger partial charge in [-0.25, -0.2) is 18.5 Å². The minimum Gasteiger partial charge on any atom is -0.321 e. The van der Waals surface area contributed by atoms with E-state index in [0.29, 0.717) is 10.4 Å². The maximum Gasteiger partial charge on any atom is 0.264 e. The summed E-state index contributed by atoms with van der Waals surface area (Å²) in [5, 5.41) is 6.87. The van der Waals surface area contributed by atoms with Crippen LogP contribution < -0.4 is 10.0 Å². The second-order valence-corrected chi connectivity index (χ2v) is 9.61. The Bertz CT molecular complexity index is 1260. The zero-order valence-corrected chi connectivity index (χ0v) is 18.3. The van der Waals surface area contributed by atoms with E-state index in [4.69, 9.17) is 5.14 Å². The molecule has 1 aliphatic heterocycles. The summed E-state index contributed by atoms with van der Waals surface area (Å²) in [6.45, 7) is 0.104. The highest BCUT2D eigenvalue weighted by Gasteiger charge is 2.44. The third kappa shape index (κ3) is 4.31. The lowest BCUT2D eigenvalue weighted by atomic mass is 10.1. The normalized spacial score (nSPS) is 16.4. The quantitative estimate of drug-likeness (QED) is 0.546. The molecule has 0 radical (unpaired) electrons. The number of thiophene rings is 1. The van der Waals surface area contributed by atoms with Gasteiger partial charge in [0.2, 0.25) is 15.9 Å². The third-order valence-corrected chi connectivity index (χ3v) is 6.78. The van der Waals surface area contributed by atoms with E-state index in [1.54, 1.807) is 42.0 Å². The van der Waals surface area contributed by atoms with E-state index in [2.05, 4.69) is 4.98 Å². The Morgan fingerprint density at radius 3 is 2.50 bits per heavy atom. The number of sulfonamides is 1. The van der Waals surface area contributed by atoms with Crippen LogP contribution in [0, 0.1) is 0 Å². The molecule has 164 valence electrons. The maximum absolute atomic E-state index is 13.3. The number of pyridine rings is 1. The highest BCUT2D eigenvalue weighted by molar-refractivity contribution is 7.89. The van der Waals surface area contributed by atoms with Crippen LogP contribution in [0.3, 0.4) is 0 Å². The monoisotopic (exact) mass is 470 g/mol. The molecule has 0 spiro atoms. The molecular formula is C21H18N4O5S2. The molecule has 2 aromatic heterocycles. The third-order valence-electron chi connectivity index (χ3n) is 4.99. The summed E-state index contributed by atoms with van der Waals surface area (Å²) in [5.41, 5.74) is 0.924. The number of imide groups is 1. The average Bonchev–Trinajstić information content (AvgIpc) is 3.40. The first-order valence-electron chi connectivity index (χ1n) is 9.49. The lowest BCUT2D eigenvalue weighted by Crippen LogP contribution is -2.45. The summed E-state index contributed by atoms with van der Waals surface area (Å²) in [6, 6.07) is 11.0. The number of hydrogen-bond acceptors (Lipinski definition) is 7.